The normalized spacial score (nSPS) is 16.6. The van der Waals surface area contributed by atoms with E-state index in [4.69, 9.17) is 4.74 Å². The van der Waals surface area contributed by atoms with E-state index < -0.39 is 5.60 Å². The van der Waals surface area contributed by atoms with Crippen LogP contribution in [0.5, 0.6) is 0 Å². The minimum Gasteiger partial charge on any atom is -0.444 e. The maximum atomic E-state index is 12.8. The van der Waals surface area contributed by atoms with Gasteiger partial charge in [0.15, 0.2) is 0 Å². The number of carbonyl (C=O) groups is 2. The van der Waals surface area contributed by atoms with Crippen LogP contribution in [0, 0.1) is 5.92 Å². The van der Waals surface area contributed by atoms with Gasteiger partial charge in [-0.05, 0) is 56.9 Å². The molecule has 1 saturated heterocycles. The van der Waals surface area contributed by atoms with Crippen LogP contribution in [0.3, 0.4) is 0 Å². The van der Waals surface area contributed by atoms with Crippen LogP contribution in [0.15, 0.2) is 42.5 Å². The molecule has 0 aromatic heterocycles. The number of amides is 2. The SMILES string of the molecule is C[C@@H](NC(=O)C1CCN(C(=O)OC(C)(C)C)CC1)c1cccc2ccccc12. The summed E-state index contributed by atoms with van der Waals surface area (Å²) in [4.78, 5) is 26.7. The Morgan fingerprint density at radius 3 is 2.39 bits per heavy atom. The predicted molar refractivity (Wildman–Crippen MR) is 111 cm³/mol. The van der Waals surface area contributed by atoms with Crippen LogP contribution in [0.25, 0.3) is 10.8 Å². The third-order valence-corrected chi connectivity index (χ3v) is 5.17. The Bertz CT molecular complexity index is 843. The molecule has 0 bridgehead atoms. The topological polar surface area (TPSA) is 58.6 Å². The number of ether oxygens (including phenoxy) is 1. The lowest BCUT2D eigenvalue weighted by Crippen LogP contribution is -2.45. The van der Waals surface area contributed by atoms with E-state index in [1.54, 1.807) is 4.90 Å². The van der Waals surface area contributed by atoms with Crippen LogP contribution >= 0.6 is 0 Å². The molecule has 5 heteroatoms. The van der Waals surface area contributed by atoms with Crippen molar-refractivity contribution >= 4 is 22.8 Å². The smallest absolute Gasteiger partial charge is 0.410 e. The van der Waals surface area contributed by atoms with Gasteiger partial charge in [0.2, 0.25) is 5.91 Å². The van der Waals surface area contributed by atoms with E-state index in [-0.39, 0.29) is 24.0 Å². The highest BCUT2D eigenvalue weighted by atomic mass is 16.6. The third-order valence-electron chi connectivity index (χ3n) is 5.17. The molecule has 1 heterocycles. The number of benzene rings is 2. The Hall–Kier alpha value is -2.56. The minimum atomic E-state index is -0.501. The maximum Gasteiger partial charge on any atom is 0.410 e. The lowest BCUT2D eigenvalue weighted by molar-refractivity contribution is -0.127. The van der Waals surface area contributed by atoms with Gasteiger partial charge < -0.3 is 15.0 Å². The zero-order valence-electron chi connectivity index (χ0n) is 17.2. The number of piperidine rings is 1. The number of hydrogen-bond donors (Lipinski definition) is 1. The van der Waals surface area contributed by atoms with E-state index in [1.807, 2.05) is 45.9 Å². The zero-order valence-corrected chi connectivity index (χ0v) is 17.2. The number of nitrogens with one attached hydrogen (secondary N) is 1. The number of nitrogens with zero attached hydrogens (tertiary/aromatic N) is 1. The summed E-state index contributed by atoms with van der Waals surface area (Å²) in [6.07, 6.45) is 1.02. The highest BCUT2D eigenvalue weighted by Gasteiger charge is 2.30. The lowest BCUT2D eigenvalue weighted by atomic mass is 9.94. The van der Waals surface area contributed by atoms with Crippen molar-refractivity contribution < 1.29 is 14.3 Å². The number of rotatable bonds is 3. The Morgan fingerprint density at radius 1 is 1.07 bits per heavy atom. The molecule has 1 fully saturated rings. The standard InChI is InChI=1S/C23H30N2O3/c1-16(19-11-7-9-17-8-5-6-10-20(17)19)24-21(26)18-12-14-25(15-13-18)22(27)28-23(2,3)4/h5-11,16,18H,12-15H2,1-4H3,(H,24,26)/t16-/m1/s1. The number of likely N-dealkylation sites (tertiary alicyclic amines) is 1. The van der Waals surface area contributed by atoms with Gasteiger partial charge in [-0.3, -0.25) is 4.79 Å². The van der Waals surface area contributed by atoms with Gasteiger partial charge in [-0.15, -0.1) is 0 Å². The van der Waals surface area contributed by atoms with Crippen molar-refractivity contribution in [2.45, 2.75) is 52.2 Å². The molecule has 1 N–H and O–H groups in total. The highest BCUT2D eigenvalue weighted by molar-refractivity contribution is 5.87. The van der Waals surface area contributed by atoms with Crippen LogP contribution in [0.1, 0.15) is 52.1 Å². The summed E-state index contributed by atoms with van der Waals surface area (Å²) in [6, 6.07) is 14.3. The molecular weight excluding hydrogens is 352 g/mol. The molecule has 0 spiro atoms. The molecule has 150 valence electrons. The van der Waals surface area contributed by atoms with Crippen LogP contribution in [0.2, 0.25) is 0 Å². The molecule has 2 amide bonds. The Kier molecular flexibility index (Phi) is 5.92. The quantitative estimate of drug-likeness (QED) is 0.840. The molecule has 3 rings (SSSR count). The van der Waals surface area contributed by atoms with E-state index in [0.29, 0.717) is 25.9 Å². The summed E-state index contributed by atoms with van der Waals surface area (Å²) < 4.78 is 5.42. The van der Waals surface area contributed by atoms with Gasteiger partial charge in [-0.25, -0.2) is 4.79 Å². The average molecular weight is 383 g/mol. The zero-order chi connectivity index (χ0) is 20.3. The molecule has 28 heavy (non-hydrogen) atoms. The molecule has 1 atom stereocenters. The Labute approximate surface area is 167 Å². The first-order chi connectivity index (χ1) is 13.2. The van der Waals surface area contributed by atoms with E-state index in [0.717, 1.165) is 10.9 Å². The fourth-order valence-corrected chi connectivity index (χ4v) is 3.69. The second-order valence-electron chi connectivity index (χ2n) is 8.54. The van der Waals surface area contributed by atoms with Gasteiger partial charge in [0, 0.05) is 19.0 Å². The first-order valence-corrected chi connectivity index (χ1v) is 10.0. The van der Waals surface area contributed by atoms with E-state index in [2.05, 4.69) is 29.6 Å². The first-order valence-electron chi connectivity index (χ1n) is 10.0. The first kappa shape index (κ1) is 20.2. The summed E-state index contributed by atoms with van der Waals surface area (Å²) in [7, 11) is 0. The minimum absolute atomic E-state index is 0.0595. The van der Waals surface area contributed by atoms with E-state index in [9.17, 15) is 9.59 Å². The van der Waals surface area contributed by atoms with Crippen LogP contribution < -0.4 is 5.32 Å². The van der Waals surface area contributed by atoms with Gasteiger partial charge in [0.25, 0.3) is 0 Å². The Morgan fingerprint density at radius 2 is 1.71 bits per heavy atom. The molecule has 0 saturated carbocycles. The maximum absolute atomic E-state index is 12.8. The van der Waals surface area contributed by atoms with Gasteiger partial charge in [0.1, 0.15) is 5.60 Å². The molecule has 2 aromatic carbocycles. The second-order valence-corrected chi connectivity index (χ2v) is 8.54. The Balaban J connectivity index is 1.58. The largest absolute Gasteiger partial charge is 0.444 e. The van der Waals surface area contributed by atoms with Crippen molar-refractivity contribution in [2.24, 2.45) is 5.92 Å². The average Bonchev–Trinajstić information content (AvgIpc) is 2.66. The summed E-state index contributed by atoms with van der Waals surface area (Å²) in [5.41, 5.74) is 0.622. The highest BCUT2D eigenvalue weighted by Crippen LogP contribution is 2.26. The molecule has 0 aliphatic carbocycles. The monoisotopic (exact) mass is 382 g/mol. The summed E-state index contributed by atoms with van der Waals surface area (Å²) >= 11 is 0. The fraction of sp³-hybridized carbons (Fsp3) is 0.478. The van der Waals surface area contributed by atoms with E-state index in [1.165, 1.54) is 5.39 Å². The third kappa shape index (κ3) is 4.83. The van der Waals surface area contributed by atoms with E-state index >= 15 is 0 Å². The number of hydrogen-bond acceptors (Lipinski definition) is 3. The van der Waals surface area contributed by atoms with Crippen molar-refractivity contribution in [1.82, 2.24) is 10.2 Å². The van der Waals surface area contributed by atoms with Crippen LogP contribution in [0.4, 0.5) is 4.79 Å². The van der Waals surface area contributed by atoms with Crippen molar-refractivity contribution in [3.63, 3.8) is 0 Å². The lowest BCUT2D eigenvalue weighted by Gasteiger charge is -2.33. The van der Waals surface area contributed by atoms with Gasteiger partial charge >= 0.3 is 6.09 Å². The molecular formula is C23H30N2O3. The molecule has 5 nitrogen and oxygen atoms in total. The summed E-state index contributed by atoms with van der Waals surface area (Å²) in [5, 5.41) is 5.50. The van der Waals surface area contributed by atoms with Crippen molar-refractivity contribution in [3.8, 4) is 0 Å². The summed E-state index contributed by atoms with van der Waals surface area (Å²) in [5.74, 6) is -0.0135. The summed E-state index contributed by atoms with van der Waals surface area (Å²) in [6.45, 7) is 8.71. The molecule has 2 aromatic rings. The van der Waals surface area contributed by atoms with Crippen molar-refractivity contribution in [2.75, 3.05) is 13.1 Å². The second kappa shape index (κ2) is 8.21. The van der Waals surface area contributed by atoms with Crippen molar-refractivity contribution in [1.29, 1.82) is 0 Å². The molecule has 0 unspecified atom stereocenters. The van der Waals surface area contributed by atoms with Crippen LogP contribution in [-0.4, -0.2) is 35.6 Å². The molecule has 0 radical (unpaired) electrons. The van der Waals surface area contributed by atoms with Gasteiger partial charge in [-0.2, -0.15) is 0 Å². The predicted octanol–water partition coefficient (Wildman–Crippen LogP) is 4.66. The van der Waals surface area contributed by atoms with Crippen LogP contribution in [-0.2, 0) is 9.53 Å². The fourth-order valence-electron chi connectivity index (χ4n) is 3.69. The molecule has 1 aliphatic heterocycles. The van der Waals surface area contributed by atoms with Crippen molar-refractivity contribution in [3.05, 3.63) is 48.0 Å². The molecule has 1 aliphatic rings. The van der Waals surface area contributed by atoms with Gasteiger partial charge in [0.05, 0.1) is 6.04 Å². The number of fused-ring (bicyclic) bond motifs is 1. The number of carbonyl (C=O) groups excluding carboxylic acids is 2. The van der Waals surface area contributed by atoms with Gasteiger partial charge in [-0.1, -0.05) is 42.5 Å².